The van der Waals surface area contributed by atoms with Gasteiger partial charge in [-0.05, 0) is 24.0 Å². The van der Waals surface area contributed by atoms with Gasteiger partial charge in [-0.3, -0.25) is 14.9 Å². The first-order valence-corrected chi connectivity index (χ1v) is 9.02. The van der Waals surface area contributed by atoms with Gasteiger partial charge in [-0.25, -0.2) is 4.98 Å². The molecule has 0 bridgehead atoms. The highest BCUT2D eigenvalue weighted by atomic mass is 16.6. The van der Waals surface area contributed by atoms with Gasteiger partial charge in [0.15, 0.2) is 0 Å². The monoisotopic (exact) mass is 379 g/mol. The number of hydrogen-bond donors (Lipinski definition) is 1. The molecule has 2 aromatic carbocycles. The number of hydrogen-bond acceptors (Lipinski definition) is 5. The second kappa shape index (κ2) is 8.47. The zero-order chi connectivity index (χ0) is 20.1. The van der Waals surface area contributed by atoms with Gasteiger partial charge in [0, 0.05) is 12.1 Å². The summed E-state index contributed by atoms with van der Waals surface area (Å²) in [6.45, 7) is 1.97. The van der Waals surface area contributed by atoms with Crippen molar-refractivity contribution in [2.45, 2.75) is 31.6 Å². The Morgan fingerprint density at radius 1 is 1.14 bits per heavy atom. The summed E-state index contributed by atoms with van der Waals surface area (Å²) in [7, 11) is 0. The van der Waals surface area contributed by atoms with Crippen molar-refractivity contribution in [3.63, 3.8) is 0 Å². The van der Waals surface area contributed by atoms with Crippen LogP contribution in [0.3, 0.4) is 0 Å². The fourth-order valence-electron chi connectivity index (χ4n) is 3.19. The minimum atomic E-state index is -0.543. The molecule has 0 spiro atoms. The third-order valence-electron chi connectivity index (χ3n) is 4.75. The SMILES string of the molecule is CCc1coc(C(CC(C(N)=O)c2ccccc2)c2ccc([N+](=O)[O-])cc2)n1. The van der Waals surface area contributed by atoms with Crippen molar-refractivity contribution in [2.24, 2.45) is 5.73 Å². The van der Waals surface area contributed by atoms with E-state index in [-0.39, 0.29) is 11.6 Å². The molecule has 0 aliphatic rings. The van der Waals surface area contributed by atoms with Crippen LogP contribution < -0.4 is 5.73 Å². The van der Waals surface area contributed by atoms with Crippen molar-refractivity contribution < 1.29 is 14.1 Å². The lowest BCUT2D eigenvalue weighted by Crippen LogP contribution is -2.23. The smallest absolute Gasteiger partial charge is 0.269 e. The summed E-state index contributed by atoms with van der Waals surface area (Å²) in [6.07, 6.45) is 2.66. The van der Waals surface area contributed by atoms with Gasteiger partial charge in [0.1, 0.15) is 6.26 Å². The molecule has 0 fully saturated rings. The molecule has 7 heteroatoms. The molecular formula is C21H21N3O4. The van der Waals surface area contributed by atoms with Crippen LogP contribution in [0.4, 0.5) is 5.69 Å². The summed E-state index contributed by atoms with van der Waals surface area (Å²) < 4.78 is 5.67. The molecule has 2 N–H and O–H groups in total. The number of carbonyl (C=O) groups is 1. The summed E-state index contributed by atoms with van der Waals surface area (Å²) in [4.78, 5) is 27.2. The first-order chi connectivity index (χ1) is 13.5. The summed E-state index contributed by atoms with van der Waals surface area (Å²) in [5, 5.41) is 11.0. The van der Waals surface area contributed by atoms with E-state index in [1.54, 1.807) is 18.4 Å². The largest absolute Gasteiger partial charge is 0.448 e. The van der Waals surface area contributed by atoms with Crippen LogP contribution in [0, 0.1) is 10.1 Å². The van der Waals surface area contributed by atoms with Crippen molar-refractivity contribution in [1.82, 2.24) is 4.98 Å². The molecule has 144 valence electrons. The number of amides is 1. The molecule has 3 aromatic rings. The molecule has 3 rings (SSSR count). The minimum Gasteiger partial charge on any atom is -0.448 e. The quantitative estimate of drug-likeness (QED) is 0.470. The van der Waals surface area contributed by atoms with Crippen molar-refractivity contribution in [3.05, 3.63) is 93.7 Å². The Kier molecular flexibility index (Phi) is 5.84. The second-order valence-electron chi connectivity index (χ2n) is 6.53. The summed E-state index contributed by atoms with van der Waals surface area (Å²) in [5.74, 6) is -0.884. The van der Waals surface area contributed by atoms with E-state index in [0.717, 1.165) is 16.8 Å². The van der Waals surface area contributed by atoms with Crippen LogP contribution in [0.5, 0.6) is 0 Å². The average Bonchev–Trinajstić information content (AvgIpc) is 3.18. The van der Waals surface area contributed by atoms with Crippen LogP contribution in [-0.2, 0) is 11.2 Å². The molecule has 0 saturated carbocycles. The van der Waals surface area contributed by atoms with Crippen LogP contribution in [0.2, 0.25) is 0 Å². The van der Waals surface area contributed by atoms with Crippen molar-refractivity contribution in [3.8, 4) is 0 Å². The topological polar surface area (TPSA) is 112 Å². The lowest BCUT2D eigenvalue weighted by molar-refractivity contribution is -0.384. The number of non-ortho nitro benzene ring substituents is 1. The maximum absolute atomic E-state index is 12.2. The van der Waals surface area contributed by atoms with Crippen LogP contribution in [0.25, 0.3) is 0 Å². The maximum atomic E-state index is 12.2. The molecule has 28 heavy (non-hydrogen) atoms. The normalized spacial score (nSPS) is 13.0. The predicted octanol–water partition coefficient (Wildman–Crippen LogP) is 3.94. The molecule has 7 nitrogen and oxygen atoms in total. The van der Waals surface area contributed by atoms with Crippen LogP contribution in [0.1, 0.15) is 47.9 Å². The molecule has 1 heterocycles. The van der Waals surface area contributed by atoms with Gasteiger partial charge in [-0.1, -0.05) is 49.4 Å². The van der Waals surface area contributed by atoms with Gasteiger partial charge < -0.3 is 10.2 Å². The lowest BCUT2D eigenvalue weighted by atomic mass is 9.84. The average molecular weight is 379 g/mol. The van der Waals surface area contributed by atoms with Gasteiger partial charge in [0.25, 0.3) is 5.69 Å². The van der Waals surface area contributed by atoms with E-state index in [2.05, 4.69) is 4.98 Å². The highest BCUT2D eigenvalue weighted by Gasteiger charge is 2.28. The standard InChI is InChI=1S/C21H21N3O4/c1-2-16-13-28-21(23-16)19(15-8-10-17(11-9-15)24(26)27)12-18(20(22)25)14-6-4-3-5-7-14/h3-11,13,18-19H,2,12H2,1H3,(H2,22,25). The first kappa shape index (κ1) is 19.3. The zero-order valence-corrected chi connectivity index (χ0v) is 15.4. The fourth-order valence-corrected chi connectivity index (χ4v) is 3.19. The number of primary amides is 1. The molecule has 0 aliphatic carbocycles. The third-order valence-corrected chi connectivity index (χ3v) is 4.75. The number of nitrogens with two attached hydrogens (primary N) is 1. The van der Waals surface area contributed by atoms with Crippen molar-refractivity contribution >= 4 is 11.6 Å². The first-order valence-electron chi connectivity index (χ1n) is 9.02. The van der Waals surface area contributed by atoms with E-state index >= 15 is 0 Å². The Morgan fingerprint density at radius 3 is 2.36 bits per heavy atom. The fraction of sp³-hybridized carbons (Fsp3) is 0.238. The van der Waals surface area contributed by atoms with Gasteiger partial charge >= 0.3 is 0 Å². The van der Waals surface area contributed by atoms with E-state index in [1.165, 1.54) is 12.1 Å². The zero-order valence-electron chi connectivity index (χ0n) is 15.4. The molecular weight excluding hydrogens is 358 g/mol. The summed E-state index contributed by atoms with van der Waals surface area (Å²) >= 11 is 0. The number of aromatic nitrogens is 1. The van der Waals surface area contributed by atoms with Crippen LogP contribution >= 0.6 is 0 Å². The summed E-state index contributed by atoms with van der Waals surface area (Å²) in [6, 6.07) is 15.5. The number of benzene rings is 2. The maximum Gasteiger partial charge on any atom is 0.269 e. The van der Waals surface area contributed by atoms with Crippen LogP contribution in [0.15, 0.2) is 65.3 Å². The van der Waals surface area contributed by atoms with Crippen molar-refractivity contribution in [2.75, 3.05) is 0 Å². The number of nitro benzene ring substituents is 1. The number of nitro groups is 1. The highest BCUT2D eigenvalue weighted by Crippen LogP contribution is 2.35. The molecule has 0 aliphatic heterocycles. The van der Waals surface area contributed by atoms with E-state index < -0.39 is 16.7 Å². The number of oxazole rings is 1. The number of aryl methyl sites for hydroxylation is 1. The Morgan fingerprint density at radius 2 is 1.82 bits per heavy atom. The Balaban J connectivity index is 2.00. The van der Waals surface area contributed by atoms with E-state index in [9.17, 15) is 14.9 Å². The molecule has 0 radical (unpaired) electrons. The molecule has 1 amide bonds. The van der Waals surface area contributed by atoms with Gasteiger partial charge in [0.2, 0.25) is 11.8 Å². The number of nitrogens with zero attached hydrogens (tertiary/aromatic N) is 2. The third kappa shape index (κ3) is 4.25. The predicted molar refractivity (Wildman–Crippen MR) is 104 cm³/mol. The Labute approximate surface area is 162 Å². The molecule has 2 atom stereocenters. The molecule has 0 saturated heterocycles. The lowest BCUT2D eigenvalue weighted by Gasteiger charge is -2.20. The van der Waals surface area contributed by atoms with E-state index in [0.29, 0.717) is 18.7 Å². The Bertz CT molecular complexity index is 951. The number of rotatable bonds is 8. The molecule has 1 aromatic heterocycles. The molecule has 2 unspecified atom stereocenters. The van der Waals surface area contributed by atoms with Gasteiger partial charge in [-0.2, -0.15) is 0 Å². The van der Waals surface area contributed by atoms with Crippen molar-refractivity contribution in [1.29, 1.82) is 0 Å². The minimum absolute atomic E-state index is 0.00124. The van der Waals surface area contributed by atoms with Crippen LogP contribution in [-0.4, -0.2) is 15.8 Å². The summed E-state index contributed by atoms with van der Waals surface area (Å²) in [5.41, 5.74) is 8.08. The second-order valence-corrected chi connectivity index (χ2v) is 6.53. The van der Waals surface area contributed by atoms with E-state index in [4.69, 9.17) is 10.2 Å². The van der Waals surface area contributed by atoms with Gasteiger partial charge in [0.05, 0.1) is 22.5 Å². The highest BCUT2D eigenvalue weighted by molar-refractivity contribution is 5.82. The Hall–Kier alpha value is -3.48. The van der Waals surface area contributed by atoms with E-state index in [1.807, 2.05) is 37.3 Å². The van der Waals surface area contributed by atoms with Gasteiger partial charge in [-0.15, -0.1) is 0 Å². The number of carbonyl (C=O) groups excluding carboxylic acids is 1.